The largest absolute Gasteiger partial charge is 0.492 e. The van der Waals surface area contributed by atoms with E-state index >= 15 is 0 Å². The van der Waals surface area contributed by atoms with Crippen LogP contribution in [0.2, 0.25) is 10.0 Å². The lowest BCUT2D eigenvalue weighted by Gasteiger charge is -2.20. The maximum Gasteiger partial charge on any atom is 0.139 e. The van der Waals surface area contributed by atoms with Crippen molar-refractivity contribution in [1.29, 1.82) is 0 Å². The van der Waals surface area contributed by atoms with Crippen LogP contribution in [0.1, 0.15) is 37.1 Å². The summed E-state index contributed by atoms with van der Waals surface area (Å²) < 4.78 is 5.44. The molecule has 1 aromatic carbocycles. The van der Waals surface area contributed by atoms with Gasteiger partial charge in [0, 0.05) is 15.9 Å². The van der Waals surface area contributed by atoms with E-state index in [1.54, 1.807) is 0 Å². The van der Waals surface area contributed by atoms with Gasteiger partial charge in [0.2, 0.25) is 0 Å². The molecule has 0 aliphatic heterocycles. The van der Waals surface area contributed by atoms with Crippen molar-refractivity contribution in [3.05, 3.63) is 27.7 Å². The highest BCUT2D eigenvalue weighted by Crippen LogP contribution is 2.48. The summed E-state index contributed by atoms with van der Waals surface area (Å²) in [6, 6.07) is 3.74. The van der Waals surface area contributed by atoms with Crippen molar-refractivity contribution in [2.45, 2.75) is 31.5 Å². The number of benzene rings is 1. The van der Waals surface area contributed by atoms with Crippen LogP contribution in [0.3, 0.4) is 0 Å². The fourth-order valence-corrected chi connectivity index (χ4v) is 3.61. The molecule has 2 unspecified atom stereocenters. The third-order valence-corrected chi connectivity index (χ3v) is 5.43. The Labute approximate surface area is 127 Å². The van der Waals surface area contributed by atoms with Crippen molar-refractivity contribution in [3.8, 4) is 5.75 Å². The Kier molecular flexibility index (Phi) is 4.85. The molecule has 2 atom stereocenters. The minimum Gasteiger partial charge on any atom is -0.492 e. The second-order valence-electron chi connectivity index (χ2n) is 4.84. The van der Waals surface area contributed by atoms with Gasteiger partial charge in [-0.1, -0.05) is 46.1 Å². The molecule has 2 rings (SSSR count). The maximum absolute atomic E-state index is 6.33. The van der Waals surface area contributed by atoms with Gasteiger partial charge in [-0.15, -0.1) is 0 Å². The van der Waals surface area contributed by atoms with Gasteiger partial charge in [0.1, 0.15) is 5.75 Å². The average Bonchev–Trinajstić information content (AvgIpc) is 3.16. The normalized spacial score (nSPS) is 18.5. The Hall–Kier alpha value is 0.0800. The molecule has 0 amide bonds. The first-order valence-corrected chi connectivity index (χ1v) is 7.97. The predicted molar refractivity (Wildman–Crippen MR) is 81.2 cm³/mol. The van der Waals surface area contributed by atoms with Crippen LogP contribution in [0, 0.1) is 11.8 Å². The highest BCUT2D eigenvalue weighted by molar-refractivity contribution is 9.09. The number of ether oxygens (including phenoxy) is 1. The number of hydrogen-bond acceptors (Lipinski definition) is 1. The standard InChI is InChI=1S/C14H17BrCl2O/c1-3-18-13-7-11(16)10(6-12(13)17)14(15)8(2)9-4-5-9/h6-9,14H,3-5H2,1-2H3. The average molecular weight is 352 g/mol. The minimum atomic E-state index is 0.255. The molecule has 0 heterocycles. The molecule has 0 saturated heterocycles. The Bertz CT molecular complexity index is 432. The van der Waals surface area contributed by atoms with Crippen LogP contribution in [0.4, 0.5) is 0 Å². The predicted octanol–water partition coefficient (Wildman–Crippen LogP) is 5.87. The van der Waals surface area contributed by atoms with Crippen molar-refractivity contribution in [1.82, 2.24) is 0 Å². The van der Waals surface area contributed by atoms with E-state index in [9.17, 15) is 0 Å². The smallest absolute Gasteiger partial charge is 0.139 e. The fraction of sp³-hybridized carbons (Fsp3) is 0.571. The molecule has 0 radical (unpaired) electrons. The molecule has 4 heteroatoms. The second-order valence-corrected chi connectivity index (χ2v) is 6.64. The van der Waals surface area contributed by atoms with E-state index in [-0.39, 0.29) is 4.83 Å². The van der Waals surface area contributed by atoms with Crippen molar-refractivity contribution in [3.63, 3.8) is 0 Å². The molecule has 100 valence electrons. The number of alkyl halides is 1. The number of rotatable bonds is 5. The zero-order valence-electron chi connectivity index (χ0n) is 10.6. The van der Waals surface area contributed by atoms with Crippen molar-refractivity contribution >= 4 is 39.1 Å². The van der Waals surface area contributed by atoms with Crippen LogP contribution in [-0.4, -0.2) is 6.61 Å². The van der Waals surface area contributed by atoms with Crippen LogP contribution in [0.5, 0.6) is 5.75 Å². The van der Waals surface area contributed by atoms with Crippen molar-refractivity contribution in [2.24, 2.45) is 11.8 Å². The molecule has 0 spiro atoms. The van der Waals surface area contributed by atoms with Crippen LogP contribution in [0.15, 0.2) is 12.1 Å². The van der Waals surface area contributed by atoms with Gasteiger partial charge in [0.15, 0.2) is 0 Å². The molecule has 1 saturated carbocycles. The summed E-state index contributed by atoms with van der Waals surface area (Å²) in [6.45, 7) is 4.78. The molecule has 18 heavy (non-hydrogen) atoms. The van der Waals surface area contributed by atoms with Gasteiger partial charge in [0.05, 0.1) is 11.6 Å². The molecular weight excluding hydrogens is 335 g/mol. The van der Waals surface area contributed by atoms with Gasteiger partial charge >= 0.3 is 0 Å². The Morgan fingerprint density at radius 3 is 2.56 bits per heavy atom. The number of halogens is 3. The van der Waals surface area contributed by atoms with Gasteiger partial charge < -0.3 is 4.74 Å². The molecule has 1 fully saturated rings. The SMILES string of the molecule is CCOc1cc(Cl)c(C(Br)C(C)C2CC2)cc1Cl. The van der Waals surface area contributed by atoms with Gasteiger partial charge in [-0.2, -0.15) is 0 Å². The summed E-state index contributed by atoms with van der Waals surface area (Å²) in [5.74, 6) is 2.05. The Morgan fingerprint density at radius 2 is 2.00 bits per heavy atom. The Morgan fingerprint density at radius 1 is 1.33 bits per heavy atom. The lowest BCUT2D eigenvalue weighted by atomic mass is 9.96. The highest BCUT2D eigenvalue weighted by atomic mass is 79.9. The summed E-state index contributed by atoms with van der Waals surface area (Å²) >= 11 is 16.3. The van der Waals surface area contributed by atoms with E-state index in [2.05, 4.69) is 22.9 Å². The van der Waals surface area contributed by atoms with E-state index in [0.717, 1.165) is 16.5 Å². The minimum absolute atomic E-state index is 0.255. The molecule has 1 aromatic rings. The van der Waals surface area contributed by atoms with Crippen molar-refractivity contribution in [2.75, 3.05) is 6.61 Å². The third kappa shape index (κ3) is 3.15. The summed E-state index contributed by atoms with van der Waals surface area (Å²) in [7, 11) is 0. The molecule has 0 aromatic heterocycles. The first kappa shape index (κ1) is 14.5. The zero-order valence-corrected chi connectivity index (χ0v) is 13.6. The molecule has 0 N–H and O–H groups in total. The topological polar surface area (TPSA) is 9.23 Å². The van der Waals surface area contributed by atoms with Crippen molar-refractivity contribution < 1.29 is 4.74 Å². The third-order valence-electron chi connectivity index (χ3n) is 3.48. The van der Waals surface area contributed by atoms with Crippen LogP contribution < -0.4 is 4.74 Å². The number of hydrogen-bond donors (Lipinski definition) is 0. The van der Waals surface area contributed by atoms with Crippen LogP contribution >= 0.6 is 39.1 Å². The molecule has 1 aliphatic carbocycles. The monoisotopic (exact) mass is 350 g/mol. The molecule has 1 nitrogen and oxygen atoms in total. The lowest BCUT2D eigenvalue weighted by molar-refractivity contribution is 0.340. The van der Waals surface area contributed by atoms with Gasteiger partial charge in [0.25, 0.3) is 0 Å². The first-order valence-electron chi connectivity index (χ1n) is 6.30. The summed E-state index contributed by atoms with van der Waals surface area (Å²) in [4.78, 5) is 0.255. The molecular formula is C14H17BrCl2O. The van der Waals surface area contributed by atoms with Crippen LogP contribution in [-0.2, 0) is 0 Å². The summed E-state index contributed by atoms with van der Waals surface area (Å²) in [5.41, 5.74) is 1.06. The van der Waals surface area contributed by atoms with E-state index < -0.39 is 0 Å². The van der Waals surface area contributed by atoms with Gasteiger partial charge in [-0.05, 0) is 43.2 Å². The Balaban J connectivity index is 2.24. The second kappa shape index (κ2) is 6.02. The van der Waals surface area contributed by atoms with Gasteiger partial charge in [-0.3, -0.25) is 0 Å². The summed E-state index contributed by atoms with van der Waals surface area (Å²) in [6.07, 6.45) is 2.65. The summed E-state index contributed by atoms with van der Waals surface area (Å²) in [5, 5.41) is 1.35. The van der Waals surface area contributed by atoms with E-state index in [1.165, 1.54) is 12.8 Å². The first-order chi connectivity index (χ1) is 8.54. The van der Waals surface area contributed by atoms with Gasteiger partial charge in [-0.25, -0.2) is 0 Å². The zero-order chi connectivity index (χ0) is 13.3. The van der Waals surface area contributed by atoms with E-state index in [4.69, 9.17) is 27.9 Å². The molecule has 1 aliphatic rings. The maximum atomic E-state index is 6.33. The fourth-order valence-electron chi connectivity index (χ4n) is 2.17. The van der Waals surface area contributed by atoms with Crippen LogP contribution in [0.25, 0.3) is 0 Å². The molecule has 0 bridgehead atoms. The quantitative estimate of drug-likeness (QED) is 0.602. The highest BCUT2D eigenvalue weighted by Gasteiger charge is 2.33. The lowest BCUT2D eigenvalue weighted by Crippen LogP contribution is -2.06. The van der Waals surface area contributed by atoms with E-state index in [0.29, 0.717) is 23.3 Å². The van der Waals surface area contributed by atoms with E-state index in [1.807, 2.05) is 19.1 Å².